The smallest absolute Gasteiger partial charge is 0.194 e. The number of likely N-dealkylation sites (N-methyl/N-ethyl adjacent to an activating group) is 1. The Balaban J connectivity index is 1.64. The minimum Gasteiger partial charge on any atom is -0.301 e. The molecule has 0 atom stereocenters. The zero-order valence-electron chi connectivity index (χ0n) is 10.5. The molecule has 0 radical (unpaired) electrons. The SMILES string of the molecule is CCN1CCN(Cc2cn3cc(Br)sc3n2)CC1. The number of halogens is 1. The lowest BCUT2D eigenvalue weighted by Gasteiger charge is -2.33. The molecule has 0 unspecified atom stereocenters. The number of thiazole rings is 1. The second-order valence-corrected chi connectivity index (χ2v) is 7.06. The second kappa shape index (κ2) is 5.28. The minimum atomic E-state index is 0.976. The van der Waals surface area contributed by atoms with Gasteiger partial charge in [-0.2, -0.15) is 0 Å². The third-order valence-electron chi connectivity index (χ3n) is 3.48. The molecule has 0 amide bonds. The third kappa shape index (κ3) is 2.61. The summed E-state index contributed by atoms with van der Waals surface area (Å²) < 4.78 is 3.24. The van der Waals surface area contributed by atoms with Crippen LogP contribution in [0.15, 0.2) is 16.2 Å². The molecule has 0 N–H and O–H groups in total. The second-order valence-electron chi connectivity index (χ2n) is 4.67. The molecular formula is C12H17BrN4S. The van der Waals surface area contributed by atoms with Gasteiger partial charge in [0.05, 0.1) is 9.48 Å². The zero-order chi connectivity index (χ0) is 12.5. The molecule has 3 rings (SSSR count). The number of rotatable bonds is 3. The summed E-state index contributed by atoms with van der Waals surface area (Å²) in [6.45, 7) is 9.06. The molecule has 1 fully saturated rings. The van der Waals surface area contributed by atoms with E-state index in [0.29, 0.717) is 0 Å². The van der Waals surface area contributed by atoms with Gasteiger partial charge in [-0.15, -0.1) is 0 Å². The summed E-state index contributed by atoms with van der Waals surface area (Å²) in [6, 6.07) is 0. The van der Waals surface area contributed by atoms with Gasteiger partial charge in [0.15, 0.2) is 4.96 Å². The maximum absolute atomic E-state index is 4.66. The van der Waals surface area contributed by atoms with Gasteiger partial charge in [0.1, 0.15) is 0 Å². The van der Waals surface area contributed by atoms with Crippen molar-refractivity contribution in [3.05, 3.63) is 21.9 Å². The summed E-state index contributed by atoms with van der Waals surface area (Å²) in [5, 5.41) is 0. The lowest BCUT2D eigenvalue weighted by molar-refractivity contribution is 0.131. The van der Waals surface area contributed by atoms with Gasteiger partial charge in [0.25, 0.3) is 0 Å². The molecule has 18 heavy (non-hydrogen) atoms. The Labute approximate surface area is 119 Å². The number of hydrogen-bond acceptors (Lipinski definition) is 4. The number of hydrogen-bond donors (Lipinski definition) is 0. The molecule has 0 aromatic carbocycles. The highest BCUT2D eigenvalue weighted by Gasteiger charge is 2.16. The van der Waals surface area contributed by atoms with E-state index in [-0.39, 0.29) is 0 Å². The van der Waals surface area contributed by atoms with Crippen molar-refractivity contribution in [3.63, 3.8) is 0 Å². The fraction of sp³-hybridized carbons (Fsp3) is 0.583. The molecule has 3 heterocycles. The molecule has 1 aliphatic rings. The van der Waals surface area contributed by atoms with Gasteiger partial charge in [0.2, 0.25) is 0 Å². The molecule has 98 valence electrons. The molecule has 4 nitrogen and oxygen atoms in total. The van der Waals surface area contributed by atoms with Crippen LogP contribution in [0, 0.1) is 0 Å². The van der Waals surface area contributed by atoms with Crippen LogP contribution < -0.4 is 0 Å². The van der Waals surface area contributed by atoms with E-state index in [1.807, 2.05) is 0 Å². The number of piperazine rings is 1. The first-order chi connectivity index (χ1) is 8.74. The van der Waals surface area contributed by atoms with Crippen molar-refractivity contribution in [2.45, 2.75) is 13.5 Å². The van der Waals surface area contributed by atoms with E-state index in [2.05, 4.69) is 54.4 Å². The molecule has 1 saturated heterocycles. The van der Waals surface area contributed by atoms with Crippen molar-refractivity contribution >= 4 is 32.2 Å². The Hall–Kier alpha value is -0.430. The van der Waals surface area contributed by atoms with Crippen LogP contribution in [0.5, 0.6) is 0 Å². The Bertz CT molecular complexity index is 496. The number of nitrogens with zero attached hydrogens (tertiary/aromatic N) is 4. The summed E-state index contributed by atoms with van der Waals surface area (Å²) in [7, 11) is 0. The first-order valence-electron chi connectivity index (χ1n) is 6.32. The van der Waals surface area contributed by atoms with Crippen LogP contribution in [0.25, 0.3) is 4.96 Å². The average molecular weight is 329 g/mol. The van der Waals surface area contributed by atoms with Crippen LogP contribution in [-0.2, 0) is 6.54 Å². The van der Waals surface area contributed by atoms with Crippen molar-refractivity contribution in [2.24, 2.45) is 0 Å². The molecular weight excluding hydrogens is 312 g/mol. The van der Waals surface area contributed by atoms with E-state index in [4.69, 9.17) is 0 Å². The Morgan fingerprint density at radius 3 is 2.61 bits per heavy atom. The predicted molar refractivity (Wildman–Crippen MR) is 78.2 cm³/mol. The topological polar surface area (TPSA) is 23.8 Å². The molecule has 0 aliphatic carbocycles. The van der Waals surface area contributed by atoms with E-state index in [1.165, 1.54) is 25.3 Å². The van der Waals surface area contributed by atoms with Gasteiger partial charge < -0.3 is 4.90 Å². The highest BCUT2D eigenvalue weighted by Crippen LogP contribution is 2.23. The Morgan fingerprint density at radius 2 is 1.94 bits per heavy atom. The fourth-order valence-electron chi connectivity index (χ4n) is 2.39. The van der Waals surface area contributed by atoms with Gasteiger partial charge in [-0.25, -0.2) is 4.98 Å². The van der Waals surface area contributed by atoms with Gasteiger partial charge >= 0.3 is 0 Å². The Morgan fingerprint density at radius 1 is 1.22 bits per heavy atom. The highest BCUT2D eigenvalue weighted by atomic mass is 79.9. The number of imidazole rings is 1. The monoisotopic (exact) mass is 328 g/mol. The molecule has 0 spiro atoms. The van der Waals surface area contributed by atoms with Gasteiger partial charge in [-0.1, -0.05) is 18.3 Å². The molecule has 0 saturated carbocycles. The van der Waals surface area contributed by atoms with Crippen LogP contribution in [0.1, 0.15) is 12.6 Å². The van der Waals surface area contributed by atoms with Crippen LogP contribution in [0.4, 0.5) is 0 Å². The van der Waals surface area contributed by atoms with E-state index in [0.717, 1.165) is 28.4 Å². The summed E-state index contributed by atoms with van der Waals surface area (Å²) in [6.07, 6.45) is 4.22. The Kier molecular flexibility index (Phi) is 3.70. The number of aromatic nitrogens is 2. The van der Waals surface area contributed by atoms with E-state index < -0.39 is 0 Å². The van der Waals surface area contributed by atoms with Crippen molar-refractivity contribution in [1.29, 1.82) is 0 Å². The molecule has 1 aliphatic heterocycles. The maximum Gasteiger partial charge on any atom is 0.194 e. The highest BCUT2D eigenvalue weighted by molar-refractivity contribution is 9.11. The molecule has 2 aromatic heterocycles. The average Bonchev–Trinajstić information content (AvgIpc) is 2.86. The van der Waals surface area contributed by atoms with Crippen LogP contribution >= 0.6 is 27.3 Å². The third-order valence-corrected chi connectivity index (χ3v) is 4.95. The van der Waals surface area contributed by atoms with E-state index >= 15 is 0 Å². The summed E-state index contributed by atoms with van der Waals surface area (Å²) >= 11 is 5.16. The minimum absolute atomic E-state index is 0.976. The van der Waals surface area contributed by atoms with Crippen molar-refractivity contribution in [3.8, 4) is 0 Å². The van der Waals surface area contributed by atoms with Crippen molar-refractivity contribution in [1.82, 2.24) is 19.2 Å². The predicted octanol–water partition coefficient (Wildman–Crippen LogP) is 2.30. The lowest BCUT2D eigenvalue weighted by atomic mass is 10.3. The first kappa shape index (κ1) is 12.6. The fourth-order valence-corrected chi connectivity index (χ4v) is 3.75. The lowest BCUT2D eigenvalue weighted by Crippen LogP contribution is -2.45. The van der Waals surface area contributed by atoms with Crippen molar-refractivity contribution in [2.75, 3.05) is 32.7 Å². The maximum atomic E-state index is 4.66. The van der Waals surface area contributed by atoms with E-state index in [1.54, 1.807) is 11.3 Å². The molecule has 0 bridgehead atoms. The zero-order valence-corrected chi connectivity index (χ0v) is 12.9. The summed E-state index contributed by atoms with van der Waals surface area (Å²) in [5.74, 6) is 0. The number of fused-ring (bicyclic) bond motifs is 1. The summed E-state index contributed by atoms with van der Waals surface area (Å²) in [4.78, 5) is 10.7. The van der Waals surface area contributed by atoms with Crippen molar-refractivity contribution < 1.29 is 0 Å². The van der Waals surface area contributed by atoms with E-state index in [9.17, 15) is 0 Å². The standard InChI is InChI=1S/C12H17BrN4S/c1-2-15-3-5-16(6-4-15)7-10-8-17-9-11(13)18-12(17)14-10/h8-9H,2-7H2,1H3. The van der Waals surface area contributed by atoms with Gasteiger partial charge in [-0.3, -0.25) is 9.30 Å². The van der Waals surface area contributed by atoms with Gasteiger partial charge in [0, 0.05) is 45.1 Å². The van der Waals surface area contributed by atoms with Gasteiger partial charge in [-0.05, 0) is 22.5 Å². The largest absolute Gasteiger partial charge is 0.301 e. The van der Waals surface area contributed by atoms with Crippen LogP contribution in [-0.4, -0.2) is 51.9 Å². The summed E-state index contributed by atoms with van der Waals surface area (Å²) in [5.41, 5.74) is 1.18. The van der Waals surface area contributed by atoms with Crippen LogP contribution in [0.3, 0.4) is 0 Å². The normalized spacial score (nSPS) is 18.8. The first-order valence-corrected chi connectivity index (χ1v) is 7.93. The molecule has 2 aromatic rings. The van der Waals surface area contributed by atoms with Crippen LogP contribution in [0.2, 0.25) is 0 Å². The quantitative estimate of drug-likeness (QED) is 0.863. The molecule has 6 heteroatoms.